The lowest BCUT2D eigenvalue weighted by atomic mass is 9.95. The molecule has 0 aromatic heterocycles. The predicted octanol–water partition coefficient (Wildman–Crippen LogP) is 3.68. The maximum Gasteiger partial charge on any atom is 0.401 e. The highest BCUT2D eigenvalue weighted by atomic mass is 19.4. The minimum Gasteiger partial charge on any atom is -0.480 e. The van der Waals surface area contributed by atoms with E-state index in [4.69, 9.17) is 5.11 Å². The van der Waals surface area contributed by atoms with E-state index in [0.29, 0.717) is 18.8 Å². The van der Waals surface area contributed by atoms with E-state index in [0.717, 1.165) is 37.0 Å². The zero-order chi connectivity index (χ0) is 15.2. The molecule has 1 aliphatic rings. The zero-order valence-electron chi connectivity index (χ0n) is 12.0. The van der Waals surface area contributed by atoms with Crippen molar-refractivity contribution in [2.45, 2.75) is 64.1 Å². The highest BCUT2D eigenvalue weighted by Gasteiger charge is 2.35. The van der Waals surface area contributed by atoms with E-state index < -0.39 is 25.2 Å². The number of hydrogen-bond acceptors (Lipinski definition) is 2. The Morgan fingerprint density at radius 2 is 1.95 bits per heavy atom. The Labute approximate surface area is 118 Å². The smallest absolute Gasteiger partial charge is 0.401 e. The molecule has 0 bridgehead atoms. The third-order valence-corrected chi connectivity index (χ3v) is 3.99. The van der Waals surface area contributed by atoms with Crippen LogP contribution in [0, 0.1) is 5.92 Å². The molecule has 1 N–H and O–H groups in total. The highest BCUT2D eigenvalue weighted by molar-refractivity contribution is 5.69. The first kappa shape index (κ1) is 17.3. The topological polar surface area (TPSA) is 40.5 Å². The first-order valence-corrected chi connectivity index (χ1v) is 7.34. The molecule has 6 heteroatoms. The molecule has 118 valence electrons. The molecule has 20 heavy (non-hydrogen) atoms. The second-order valence-electron chi connectivity index (χ2n) is 5.73. The lowest BCUT2D eigenvalue weighted by molar-refractivity contribution is -0.158. The van der Waals surface area contributed by atoms with Crippen LogP contribution in [0.2, 0.25) is 0 Å². The summed E-state index contributed by atoms with van der Waals surface area (Å²) in [6, 6.07) is -0.255. The van der Waals surface area contributed by atoms with Crippen LogP contribution in [0.4, 0.5) is 13.2 Å². The van der Waals surface area contributed by atoms with Gasteiger partial charge >= 0.3 is 12.1 Å². The van der Waals surface area contributed by atoms with Crippen molar-refractivity contribution < 1.29 is 23.1 Å². The van der Waals surface area contributed by atoms with Crippen LogP contribution in [0.25, 0.3) is 0 Å². The Morgan fingerprint density at radius 3 is 2.50 bits per heavy atom. The van der Waals surface area contributed by atoms with Gasteiger partial charge in [0.2, 0.25) is 0 Å². The van der Waals surface area contributed by atoms with Gasteiger partial charge in [-0.05, 0) is 25.2 Å². The minimum atomic E-state index is -4.34. The van der Waals surface area contributed by atoms with E-state index in [2.05, 4.69) is 6.92 Å². The molecule has 3 nitrogen and oxygen atoms in total. The molecule has 0 spiro atoms. The molecule has 0 aromatic carbocycles. The van der Waals surface area contributed by atoms with Gasteiger partial charge in [0.25, 0.3) is 0 Å². The maximum atomic E-state index is 12.6. The van der Waals surface area contributed by atoms with E-state index in [1.165, 1.54) is 0 Å². The molecule has 0 amide bonds. The number of nitrogens with zero attached hydrogens (tertiary/aromatic N) is 1. The lowest BCUT2D eigenvalue weighted by Gasteiger charge is -2.30. The minimum absolute atomic E-state index is 0.255. The van der Waals surface area contributed by atoms with Crippen molar-refractivity contribution in [1.29, 1.82) is 0 Å². The van der Waals surface area contributed by atoms with Gasteiger partial charge in [0, 0.05) is 6.04 Å². The van der Waals surface area contributed by atoms with E-state index in [-0.39, 0.29) is 6.04 Å². The number of rotatable bonds is 6. The summed E-state index contributed by atoms with van der Waals surface area (Å²) in [7, 11) is 0. The van der Waals surface area contributed by atoms with Gasteiger partial charge in [0.1, 0.15) is 0 Å². The van der Waals surface area contributed by atoms with Crippen LogP contribution in [0.1, 0.15) is 51.9 Å². The van der Waals surface area contributed by atoms with Crippen molar-refractivity contribution in [3.8, 4) is 0 Å². The molecule has 0 heterocycles. The van der Waals surface area contributed by atoms with Crippen molar-refractivity contribution in [3.63, 3.8) is 0 Å². The number of hydrogen-bond donors (Lipinski definition) is 1. The van der Waals surface area contributed by atoms with Crippen LogP contribution < -0.4 is 0 Å². The van der Waals surface area contributed by atoms with Crippen LogP contribution in [-0.2, 0) is 4.79 Å². The largest absolute Gasteiger partial charge is 0.480 e. The van der Waals surface area contributed by atoms with E-state index in [1.807, 2.05) is 0 Å². The summed E-state index contributed by atoms with van der Waals surface area (Å²) in [6.45, 7) is 0.466. The van der Waals surface area contributed by atoms with Crippen molar-refractivity contribution in [2.75, 3.05) is 13.1 Å². The summed E-state index contributed by atoms with van der Waals surface area (Å²) < 4.78 is 37.7. The predicted molar refractivity (Wildman–Crippen MR) is 70.5 cm³/mol. The first-order valence-electron chi connectivity index (χ1n) is 7.34. The average molecular weight is 295 g/mol. The lowest BCUT2D eigenvalue weighted by Crippen LogP contribution is -2.44. The van der Waals surface area contributed by atoms with Gasteiger partial charge in [-0.15, -0.1) is 0 Å². The Kier molecular flexibility index (Phi) is 6.79. The molecule has 1 aliphatic carbocycles. The SMILES string of the molecule is CCCC1CCCC(N(CC(=O)O)CC(F)(F)F)CC1. The van der Waals surface area contributed by atoms with Crippen LogP contribution in [0.5, 0.6) is 0 Å². The van der Waals surface area contributed by atoms with E-state index >= 15 is 0 Å². The second kappa shape index (κ2) is 7.86. The number of aliphatic carboxylic acids is 1. The molecule has 0 radical (unpaired) electrons. The van der Waals surface area contributed by atoms with Gasteiger partial charge in [0.05, 0.1) is 13.1 Å². The number of alkyl halides is 3. The summed E-state index contributed by atoms with van der Waals surface area (Å²) in [5.41, 5.74) is 0. The third kappa shape index (κ3) is 6.59. The maximum absolute atomic E-state index is 12.6. The molecule has 0 saturated heterocycles. The number of carboxylic acids is 1. The summed E-state index contributed by atoms with van der Waals surface area (Å²) in [5.74, 6) is -0.605. The fourth-order valence-electron chi connectivity index (χ4n) is 3.14. The van der Waals surface area contributed by atoms with Gasteiger partial charge in [-0.25, -0.2) is 0 Å². The Morgan fingerprint density at radius 1 is 1.25 bits per heavy atom. The molecular formula is C14H24F3NO2. The average Bonchev–Trinajstić information content (AvgIpc) is 2.52. The normalized spacial score (nSPS) is 24.6. The Bertz CT molecular complexity index is 307. The van der Waals surface area contributed by atoms with Crippen LogP contribution in [0.15, 0.2) is 0 Å². The van der Waals surface area contributed by atoms with Gasteiger partial charge in [-0.3, -0.25) is 9.69 Å². The first-order chi connectivity index (χ1) is 9.31. The number of carboxylic acid groups (broad SMARTS) is 1. The van der Waals surface area contributed by atoms with Crippen LogP contribution in [-0.4, -0.2) is 41.3 Å². The molecule has 1 rings (SSSR count). The molecule has 2 atom stereocenters. The van der Waals surface area contributed by atoms with Crippen molar-refractivity contribution >= 4 is 5.97 Å². The molecule has 1 fully saturated rings. The summed E-state index contributed by atoms with van der Waals surface area (Å²) in [4.78, 5) is 11.9. The van der Waals surface area contributed by atoms with Crippen molar-refractivity contribution in [2.24, 2.45) is 5.92 Å². The van der Waals surface area contributed by atoms with Gasteiger partial charge in [-0.2, -0.15) is 13.2 Å². The summed E-state index contributed by atoms with van der Waals surface area (Å²) in [6.07, 6.45) is 2.07. The van der Waals surface area contributed by atoms with Gasteiger partial charge in [0.15, 0.2) is 0 Å². The van der Waals surface area contributed by atoms with Crippen LogP contribution >= 0.6 is 0 Å². The molecular weight excluding hydrogens is 271 g/mol. The Hall–Kier alpha value is -0.780. The summed E-state index contributed by atoms with van der Waals surface area (Å²) >= 11 is 0. The van der Waals surface area contributed by atoms with E-state index in [9.17, 15) is 18.0 Å². The summed E-state index contributed by atoms with van der Waals surface area (Å²) in [5, 5.41) is 8.81. The quantitative estimate of drug-likeness (QED) is 0.760. The van der Waals surface area contributed by atoms with Gasteiger partial charge in [-0.1, -0.05) is 32.6 Å². The number of halogens is 3. The second-order valence-corrected chi connectivity index (χ2v) is 5.73. The van der Waals surface area contributed by atoms with Crippen molar-refractivity contribution in [3.05, 3.63) is 0 Å². The molecule has 0 aromatic rings. The highest BCUT2D eigenvalue weighted by Crippen LogP contribution is 2.30. The molecule has 0 aliphatic heterocycles. The fraction of sp³-hybridized carbons (Fsp3) is 0.929. The fourth-order valence-corrected chi connectivity index (χ4v) is 3.14. The van der Waals surface area contributed by atoms with Gasteiger partial charge < -0.3 is 5.11 Å². The zero-order valence-corrected chi connectivity index (χ0v) is 12.0. The molecule has 1 saturated carbocycles. The Balaban J connectivity index is 2.63. The van der Waals surface area contributed by atoms with E-state index in [1.54, 1.807) is 0 Å². The van der Waals surface area contributed by atoms with Crippen LogP contribution in [0.3, 0.4) is 0 Å². The third-order valence-electron chi connectivity index (χ3n) is 3.99. The van der Waals surface area contributed by atoms with Crippen molar-refractivity contribution in [1.82, 2.24) is 4.90 Å². The monoisotopic (exact) mass is 295 g/mol. The number of carbonyl (C=O) groups is 1. The molecule has 2 unspecified atom stereocenters. The standard InChI is InChI=1S/C14H24F3NO2/c1-2-4-11-5-3-6-12(8-7-11)18(9-13(19)20)10-14(15,16)17/h11-12H,2-10H2,1H3,(H,19,20).